The van der Waals surface area contributed by atoms with Crippen molar-refractivity contribution in [2.45, 2.75) is 6.42 Å². The van der Waals surface area contributed by atoms with Crippen molar-refractivity contribution in [3.63, 3.8) is 0 Å². The lowest BCUT2D eigenvalue weighted by Gasteiger charge is -2.15. The zero-order chi connectivity index (χ0) is 19.5. The van der Waals surface area contributed by atoms with Gasteiger partial charge in [0.1, 0.15) is 17.9 Å². The van der Waals surface area contributed by atoms with Crippen molar-refractivity contribution in [2.24, 2.45) is 0 Å². The summed E-state index contributed by atoms with van der Waals surface area (Å²) >= 11 is 0. The molecule has 2 aromatic carbocycles. The molecule has 0 radical (unpaired) electrons. The zero-order valence-corrected chi connectivity index (χ0v) is 15.2. The second-order valence-electron chi connectivity index (χ2n) is 6.34. The fraction of sp³-hybridized carbons (Fsp3) is 0.200. The number of aromatic hydroxyl groups is 1. The maximum atomic E-state index is 11.1. The van der Waals surface area contributed by atoms with E-state index in [1.165, 1.54) is 0 Å². The first-order chi connectivity index (χ1) is 13.6. The van der Waals surface area contributed by atoms with Gasteiger partial charge >= 0.3 is 5.76 Å². The SMILES string of the molecule is CN(CCOc1ccc(Cc2oc(=O)[nH]c2O)cc1)c1nc2ccccc2o1. The largest absolute Gasteiger partial charge is 0.492 e. The molecule has 0 amide bonds. The highest BCUT2D eigenvalue weighted by atomic mass is 16.5. The number of nitrogens with one attached hydrogen (secondary N) is 1. The van der Waals surface area contributed by atoms with Gasteiger partial charge in [-0.05, 0) is 29.8 Å². The van der Waals surface area contributed by atoms with Gasteiger partial charge in [-0.3, -0.25) is 4.98 Å². The molecule has 0 fully saturated rings. The number of likely N-dealkylation sites (N-methyl/N-ethyl adjacent to an activating group) is 1. The summed E-state index contributed by atoms with van der Waals surface area (Å²) in [5.41, 5.74) is 2.46. The van der Waals surface area contributed by atoms with Crippen molar-refractivity contribution in [1.82, 2.24) is 9.97 Å². The third-order valence-corrected chi connectivity index (χ3v) is 4.29. The molecule has 0 saturated carbocycles. The second kappa shape index (κ2) is 7.51. The van der Waals surface area contributed by atoms with E-state index in [9.17, 15) is 9.90 Å². The van der Waals surface area contributed by atoms with Gasteiger partial charge in [0.15, 0.2) is 11.3 Å². The smallest absolute Gasteiger partial charge is 0.419 e. The van der Waals surface area contributed by atoms with E-state index in [4.69, 9.17) is 13.6 Å². The average Bonchev–Trinajstić information content (AvgIpc) is 3.26. The van der Waals surface area contributed by atoms with Gasteiger partial charge < -0.3 is 23.6 Å². The van der Waals surface area contributed by atoms with Crippen LogP contribution in [-0.4, -0.2) is 35.3 Å². The zero-order valence-electron chi connectivity index (χ0n) is 15.2. The van der Waals surface area contributed by atoms with Crippen molar-refractivity contribution in [1.29, 1.82) is 0 Å². The summed E-state index contributed by atoms with van der Waals surface area (Å²) in [5, 5.41) is 9.56. The highest BCUT2D eigenvalue weighted by Gasteiger charge is 2.11. The van der Waals surface area contributed by atoms with E-state index in [-0.39, 0.29) is 11.6 Å². The number of aromatic amines is 1. The average molecular weight is 381 g/mol. The van der Waals surface area contributed by atoms with Crippen LogP contribution in [0.4, 0.5) is 6.01 Å². The Morgan fingerprint density at radius 2 is 1.93 bits per heavy atom. The molecule has 0 saturated heterocycles. The number of anilines is 1. The van der Waals surface area contributed by atoms with Crippen LogP contribution in [0.3, 0.4) is 0 Å². The molecule has 0 aliphatic heterocycles. The van der Waals surface area contributed by atoms with Crippen LogP contribution < -0.4 is 15.4 Å². The maximum absolute atomic E-state index is 11.1. The van der Waals surface area contributed by atoms with Crippen molar-refractivity contribution < 1.29 is 18.7 Å². The van der Waals surface area contributed by atoms with Crippen LogP contribution in [0.5, 0.6) is 11.6 Å². The first-order valence-corrected chi connectivity index (χ1v) is 8.78. The van der Waals surface area contributed by atoms with Gasteiger partial charge in [0, 0.05) is 13.5 Å². The Morgan fingerprint density at radius 1 is 1.14 bits per heavy atom. The Morgan fingerprint density at radius 3 is 2.64 bits per heavy atom. The number of rotatable bonds is 7. The number of oxazole rings is 2. The minimum Gasteiger partial charge on any atom is -0.492 e. The lowest BCUT2D eigenvalue weighted by atomic mass is 10.1. The lowest BCUT2D eigenvalue weighted by molar-refractivity contribution is 0.323. The number of benzene rings is 2. The van der Waals surface area contributed by atoms with Crippen LogP contribution >= 0.6 is 0 Å². The fourth-order valence-electron chi connectivity index (χ4n) is 2.78. The van der Waals surface area contributed by atoms with E-state index in [1.807, 2.05) is 60.5 Å². The van der Waals surface area contributed by atoms with Gasteiger partial charge in [0.2, 0.25) is 5.88 Å². The van der Waals surface area contributed by atoms with E-state index < -0.39 is 5.76 Å². The molecule has 0 unspecified atom stereocenters. The predicted molar refractivity (Wildman–Crippen MR) is 103 cm³/mol. The molecule has 0 bridgehead atoms. The summed E-state index contributed by atoms with van der Waals surface area (Å²) in [6.45, 7) is 1.07. The molecule has 8 heteroatoms. The van der Waals surface area contributed by atoms with E-state index >= 15 is 0 Å². The highest BCUT2D eigenvalue weighted by Crippen LogP contribution is 2.21. The molecule has 0 aliphatic carbocycles. The van der Waals surface area contributed by atoms with Crippen molar-refractivity contribution in [3.05, 3.63) is 70.4 Å². The molecule has 4 rings (SSSR count). The van der Waals surface area contributed by atoms with Crippen LogP contribution in [0.25, 0.3) is 11.1 Å². The number of nitrogens with zero attached hydrogens (tertiary/aromatic N) is 2. The molecule has 2 heterocycles. The standard InChI is InChI=1S/C20H19N3O5/c1-23(19-21-15-4-2-3-5-16(15)27-19)10-11-26-14-8-6-13(7-9-14)12-17-18(24)22-20(25)28-17/h2-9,24H,10-12H2,1H3,(H,22,25). The number of hydrogen-bond acceptors (Lipinski definition) is 7. The minimum absolute atomic E-state index is 0.207. The maximum Gasteiger partial charge on any atom is 0.419 e. The molecule has 28 heavy (non-hydrogen) atoms. The fourth-order valence-corrected chi connectivity index (χ4v) is 2.78. The van der Waals surface area contributed by atoms with E-state index in [0.29, 0.717) is 25.6 Å². The number of ether oxygens (including phenoxy) is 1. The van der Waals surface area contributed by atoms with Gasteiger partial charge in [-0.15, -0.1) is 0 Å². The molecule has 0 atom stereocenters. The van der Waals surface area contributed by atoms with E-state index in [2.05, 4.69) is 9.97 Å². The third-order valence-electron chi connectivity index (χ3n) is 4.29. The monoisotopic (exact) mass is 381 g/mol. The van der Waals surface area contributed by atoms with Crippen molar-refractivity contribution in [3.8, 4) is 11.6 Å². The molecule has 0 aliphatic rings. The number of H-pyrrole nitrogens is 1. The molecular formula is C20H19N3O5. The molecule has 0 spiro atoms. The Hall–Kier alpha value is -3.68. The Kier molecular flexibility index (Phi) is 4.76. The predicted octanol–water partition coefficient (Wildman–Crippen LogP) is 2.92. The topological polar surface area (TPSA) is 105 Å². The number of hydrogen-bond donors (Lipinski definition) is 2. The van der Waals surface area contributed by atoms with Gasteiger partial charge in [-0.1, -0.05) is 24.3 Å². The lowest BCUT2D eigenvalue weighted by Crippen LogP contribution is -2.23. The summed E-state index contributed by atoms with van der Waals surface area (Å²) in [7, 11) is 1.90. The van der Waals surface area contributed by atoms with Gasteiger partial charge in [0.25, 0.3) is 6.01 Å². The summed E-state index contributed by atoms with van der Waals surface area (Å²) < 4.78 is 16.4. The van der Waals surface area contributed by atoms with Crippen molar-refractivity contribution in [2.75, 3.05) is 25.1 Å². The first kappa shape index (κ1) is 17.7. The van der Waals surface area contributed by atoms with Crippen molar-refractivity contribution >= 4 is 17.1 Å². The van der Waals surface area contributed by atoms with Crippen LogP contribution in [0, 0.1) is 0 Å². The van der Waals surface area contributed by atoms with Gasteiger partial charge in [-0.25, -0.2) is 4.79 Å². The Labute approximate surface area is 160 Å². The Balaban J connectivity index is 1.31. The normalized spacial score (nSPS) is 11.0. The molecule has 8 nitrogen and oxygen atoms in total. The van der Waals surface area contributed by atoms with Crippen LogP contribution in [0.15, 0.2) is 62.2 Å². The quantitative estimate of drug-likeness (QED) is 0.507. The molecule has 144 valence electrons. The molecule has 2 N–H and O–H groups in total. The van der Waals surface area contributed by atoms with Crippen LogP contribution in [0.2, 0.25) is 0 Å². The minimum atomic E-state index is -0.671. The van der Waals surface area contributed by atoms with E-state index in [0.717, 1.165) is 22.4 Å². The number of aromatic nitrogens is 2. The Bertz CT molecular complexity index is 1090. The summed E-state index contributed by atoms with van der Waals surface area (Å²) in [6, 6.07) is 15.5. The van der Waals surface area contributed by atoms with E-state index in [1.54, 1.807) is 0 Å². The number of fused-ring (bicyclic) bond motifs is 1. The summed E-state index contributed by atoms with van der Waals surface area (Å²) in [4.78, 5) is 19.6. The third kappa shape index (κ3) is 3.85. The van der Waals surface area contributed by atoms with Gasteiger partial charge in [0.05, 0.1) is 6.54 Å². The highest BCUT2D eigenvalue weighted by molar-refractivity contribution is 5.74. The van der Waals surface area contributed by atoms with Crippen LogP contribution in [0.1, 0.15) is 11.3 Å². The van der Waals surface area contributed by atoms with Crippen LogP contribution in [-0.2, 0) is 6.42 Å². The second-order valence-corrected chi connectivity index (χ2v) is 6.34. The molecule has 2 aromatic heterocycles. The summed E-state index contributed by atoms with van der Waals surface area (Å²) in [5.74, 6) is 0.0103. The molecular weight excluding hydrogens is 362 g/mol. The number of para-hydroxylation sites is 2. The first-order valence-electron chi connectivity index (χ1n) is 8.78. The molecule has 4 aromatic rings. The summed E-state index contributed by atoms with van der Waals surface area (Å²) in [6.07, 6.45) is 0.311. The van der Waals surface area contributed by atoms with Gasteiger partial charge in [-0.2, -0.15) is 4.98 Å².